The molecule has 13 nitrogen and oxygen atoms in total. The van der Waals surface area contributed by atoms with Gasteiger partial charge in [-0.3, -0.25) is 9.59 Å². The zero-order chi connectivity index (χ0) is 33.2. The van der Waals surface area contributed by atoms with Gasteiger partial charge < -0.3 is 50.0 Å². The number of fused-ring (bicyclic) bond motifs is 3. The van der Waals surface area contributed by atoms with Gasteiger partial charge in [0.2, 0.25) is 11.8 Å². The lowest BCUT2D eigenvalue weighted by atomic mass is 9.97. The molecule has 3 aliphatic rings. The number of benzene rings is 1. The smallest absolute Gasteiger partial charge is 0.342 e. The Balaban J connectivity index is 1.53. The summed E-state index contributed by atoms with van der Waals surface area (Å²) in [6.07, 6.45) is 4.94. The number of rotatable bonds is 10. The third-order valence-electron chi connectivity index (χ3n) is 8.07. The number of ether oxygens (including phenoxy) is 4. The van der Waals surface area contributed by atoms with Crippen LogP contribution in [0.3, 0.4) is 0 Å². The first-order valence-electron chi connectivity index (χ1n) is 15.6. The summed E-state index contributed by atoms with van der Waals surface area (Å²) in [5, 5.41) is 46.7. The van der Waals surface area contributed by atoms with Crippen molar-refractivity contribution < 1.29 is 53.8 Å². The largest absolute Gasteiger partial charge is 0.507 e. The van der Waals surface area contributed by atoms with Gasteiger partial charge in [0.1, 0.15) is 41.8 Å². The quantitative estimate of drug-likeness (QED) is 0.0921. The first kappa shape index (κ1) is 35.3. The van der Waals surface area contributed by atoms with E-state index in [-0.39, 0.29) is 36.5 Å². The van der Waals surface area contributed by atoms with Crippen LogP contribution in [0.4, 0.5) is 0 Å². The van der Waals surface area contributed by atoms with Gasteiger partial charge >= 0.3 is 5.97 Å². The molecular weight excluding hydrogens is 611 g/mol. The number of hydrogen-bond acceptors (Lipinski definition) is 11. The van der Waals surface area contributed by atoms with Crippen LogP contribution < -0.4 is 10.6 Å². The maximum absolute atomic E-state index is 13.3. The number of phenolic OH excluding ortho intramolecular Hbond substituents is 1. The van der Waals surface area contributed by atoms with Gasteiger partial charge in [-0.2, -0.15) is 0 Å². The summed E-state index contributed by atoms with van der Waals surface area (Å²) < 4.78 is 24.4. The normalized spacial score (nSPS) is 31.8. The lowest BCUT2D eigenvalue weighted by Gasteiger charge is -2.45. The van der Waals surface area contributed by atoms with E-state index < -0.39 is 73.5 Å². The van der Waals surface area contributed by atoms with E-state index in [2.05, 4.69) is 10.6 Å². The van der Waals surface area contributed by atoms with E-state index in [1.165, 1.54) is 25.3 Å². The van der Waals surface area contributed by atoms with E-state index in [4.69, 9.17) is 18.9 Å². The molecule has 4 rings (SSSR count). The van der Waals surface area contributed by atoms with Crippen molar-refractivity contribution in [3.05, 3.63) is 65.9 Å². The summed E-state index contributed by atoms with van der Waals surface area (Å²) in [5.41, 5.74) is 0.579. The van der Waals surface area contributed by atoms with Gasteiger partial charge in [0, 0.05) is 44.9 Å². The number of aliphatic hydroxyl groups is 3. The average molecular weight is 656 g/mol. The van der Waals surface area contributed by atoms with Crippen LogP contribution in [0.15, 0.2) is 54.8 Å². The number of hydrogen-bond donors (Lipinski definition) is 6. The number of carbonyl (C=O) groups excluding carboxylic acids is 3. The Bertz CT molecular complexity index is 1300. The molecule has 3 heterocycles. The van der Waals surface area contributed by atoms with Crippen LogP contribution in [-0.2, 0) is 35.0 Å². The number of amides is 2. The summed E-state index contributed by atoms with van der Waals surface area (Å²) >= 11 is 0. The van der Waals surface area contributed by atoms with E-state index in [0.717, 1.165) is 6.42 Å². The van der Waals surface area contributed by atoms with Crippen molar-refractivity contribution in [3.8, 4) is 5.75 Å². The summed E-state index contributed by atoms with van der Waals surface area (Å²) in [4.78, 5) is 37.3. The molecule has 3 aliphatic heterocycles. The van der Waals surface area contributed by atoms with Crippen LogP contribution >= 0.6 is 0 Å². The molecule has 0 aliphatic carbocycles. The average Bonchev–Trinajstić information content (AvgIpc) is 3.00. The minimum atomic E-state index is -1.45. The van der Waals surface area contributed by atoms with Crippen LogP contribution in [-0.4, -0.2) is 99.9 Å². The zero-order valence-electron chi connectivity index (χ0n) is 26.0. The highest BCUT2D eigenvalue weighted by Crippen LogP contribution is 2.34. The third-order valence-corrected chi connectivity index (χ3v) is 8.07. The van der Waals surface area contributed by atoms with Crippen molar-refractivity contribution in [2.24, 2.45) is 0 Å². The second kappa shape index (κ2) is 16.8. The lowest BCUT2D eigenvalue weighted by molar-refractivity contribution is -0.291. The molecule has 9 atom stereocenters. The molecule has 46 heavy (non-hydrogen) atoms. The van der Waals surface area contributed by atoms with Gasteiger partial charge in [-0.1, -0.05) is 43.4 Å². The Hall–Kier alpha value is -3.59. The monoisotopic (exact) mass is 655 g/mol. The molecule has 2 fully saturated rings. The van der Waals surface area contributed by atoms with Crippen LogP contribution in [0.25, 0.3) is 0 Å². The molecule has 252 valence electrons. The minimum Gasteiger partial charge on any atom is -0.507 e. The SMILES string of the molecule is CC/[13CH]=C\[13CH]=C/[13C](=O)N/C=C/C[13C@@H]1C[C@H]2[13CH2][C@H](O[C@@H]3O[C@H](CO)[C@@H](O)[C@H](O)[C@H]3N[13C](C)=O)C[13C@H](C[13c]3c[13cH]c[13c](O)c3[13C](=O)O1)O2. The third kappa shape index (κ3) is 9.47. The summed E-state index contributed by atoms with van der Waals surface area (Å²) in [5.74, 6) is -1.66. The number of phenols is 1. The number of aromatic hydroxyl groups is 1. The predicted octanol–water partition coefficient (Wildman–Crippen LogP) is 1.28. The van der Waals surface area contributed by atoms with Crippen molar-refractivity contribution in [2.75, 3.05) is 6.61 Å². The van der Waals surface area contributed by atoms with Crippen molar-refractivity contribution in [3.63, 3.8) is 0 Å². The second-order valence-electron chi connectivity index (χ2n) is 11.7. The highest BCUT2D eigenvalue weighted by Gasteiger charge is 2.47. The molecule has 1 aromatic carbocycles. The van der Waals surface area contributed by atoms with Gasteiger partial charge in [0.15, 0.2) is 6.29 Å². The maximum Gasteiger partial charge on any atom is 0.342 e. The second-order valence-corrected chi connectivity index (χ2v) is 11.7. The molecule has 0 aromatic heterocycles. The number of aliphatic hydroxyl groups excluding tert-OH is 3. The van der Waals surface area contributed by atoms with Gasteiger partial charge in [0.05, 0.1) is 24.9 Å². The molecule has 0 saturated carbocycles. The van der Waals surface area contributed by atoms with Crippen LogP contribution in [0.1, 0.15) is 61.9 Å². The topological polar surface area (TPSA) is 193 Å². The molecular formula is C33H44N2O11. The predicted molar refractivity (Wildman–Crippen MR) is 164 cm³/mol. The van der Waals surface area contributed by atoms with Gasteiger partial charge in [0.25, 0.3) is 0 Å². The molecule has 0 unspecified atom stereocenters. The molecule has 13 heteroatoms. The molecule has 2 saturated heterocycles. The standard InChI is InChI=1S/C33H44N2O11/c1-3-4-5-6-12-27(39)34-13-8-10-21-15-23-17-24(45-33-29(35-19(2)37)31(41)30(40)26(18-36)46-33)16-22(43-23)14-20-9-7-11-25(38)28(20)32(42)44-21/h4-9,11-13,21-24,26,29-31,33,36,38,40-41H,3,10,14-18H2,1-2H3,(H,34,39)(H,35,37)/b5-4-,12-6-,13-8+/t21-,22+,23+,24-,26-,29-,30-,31-,33-/m1/s1/i4+1,6+1,7+1,17+1,19+1,20+1,21+1,22+1,25+1,27+1,32+1. The van der Waals surface area contributed by atoms with Crippen LogP contribution in [0, 0.1) is 0 Å². The van der Waals surface area contributed by atoms with Gasteiger partial charge in [-0.25, -0.2) is 4.79 Å². The van der Waals surface area contributed by atoms with Crippen LogP contribution in [0.2, 0.25) is 0 Å². The summed E-state index contributed by atoms with van der Waals surface area (Å²) in [7, 11) is 0. The zero-order valence-corrected chi connectivity index (χ0v) is 26.0. The first-order chi connectivity index (χ1) is 22.1. The Morgan fingerprint density at radius 1 is 1.07 bits per heavy atom. The van der Waals surface area contributed by atoms with Crippen molar-refractivity contribution in [2.45, 2.75) is 107 Å². The highest BCUT2D eigenvalue weighted by atomic mass is 16.7. The van der Waals surface area contributed by atoms with E-state index >= 15 is 0 Å². The molecule has 0 radical (unpaired) electrons. The Kier molecular flexibility index (Phi) is 12.9. The Morgan fingerprint density at radius 2 is 1.85 bits per heavy atom. The van der Waals surface area contributed by atoms with Crippen molar-refractivity contribution in [1.82, 2.24) is 10.6 Å². The Morgan fingerprint density at radius 3 is 2.59 bits per heavy atom. The summed E-state index contributed by atoms with van der Waals surface area (Å²) in [6.45, 7) is 2.69. The number of cyclic esters (lactones) is 1. The summed E-state index contributed by atoms with van der Waals surface area (Å²) in [6, 6.07) is 3.66. The fourth-order valence-corrected chi connectivity index (χ4v) is 5.94. The molecule has 0 spiro atoms. The minimum absolute atomic E-state index is 0.0457. The van der Waals surface area contributed by atoms with E-state index in [9.17, 15) is 34.8 Å². The van der Waals surface area contributed by atoms with E-state index in [0.29, 0.717) is 18.4 Å². The fraction of sp³-hybridized carbons (Fsp3) is 0.545. The number of allylic oxidation sites excluding steroid dienone is 3. The van der Waals surface area contributed by atoms with Crippen molar-refractivity contribution in [1.29, 1.82) is 0 Å². The molecule has 6 N–H and O–H groups in total. The molecule has 2 bridgehead atoms. The number of esters is 1. The number of carbonyl (C=O) groups is 3. The van der Waals surface area contributed by atoms with Gasteiger partial charge in [-0.15, -0.1) is 0 Å². The van der Waals surface area contributed by atoms with Crippen molar-refractivity contribution >= 4 is 17.8 Å². The maximum atomic E-state index is 13.3. The Labute approximate surface area is 267 Å². The fourth-order valence-electron chi connectivity index (χ4n) is 5.94. The molecule has 1 aromatic rings. The highest BCUT2D eigenvalue weighted by molar-refractivity contribution is 5.94. The van der Waals surface area contributed by atoms with Crippen LogP contribution in [0.5, 0.6) is 5.75 Å². The molecule has 2 amide bonds. The number of nitrogens with one attached hydrogen (secondary N) is 2. The van der Waals surface area contributed by atoms with Gasteiger partial charge in [-0.05, 0) is 24.5 Å². The van der Waals surface area contributed by atoms with E-state index in [1.54, 1.807) is 30.4 Å². The first-order valence-corrected chi connectivity index (χ1v) is 15.6. The lowest BCUT2D eigenvalue weighted by Crippen LogP contribution is -2.65. The van der Waals surface area contributed by atoms with E-state index in [1.807, 2.05) is 13.0 Å².